The number of rotatable bonds is 8. The molecule has 0 aliphatic heterocycles. The highest BCUT2D eigenvalue weighted by atomic mass is 32.2. The monoisotopic (exact) mass is 342 g/mol. The van der Waals surface area contributed by atoms with Crippen molar-refractivity contribution < 1.29 is 0 Å². The van der Waals surface area contributed by atoms with E-state index in [2.05, 4.69) is 81.1 Å². The van der Waals surface area contributed by atoms with E-state index in [1.54, 1.807) is 0 Å². The number of nitrogens with zero attached hydrogens (tertiary/aromatic N) is 1. The predicted octanol–water partition coefficient (Wildman–Crippen LogP) is 5.68. The number of nitrogen functional groups attached to an aromatic ring is 1. The molecular formula is C21H30N2S. The van der Waals surface area contributed by atoms with Gasteiger partial charge in [0.25, 0.3) is 0 Å². The minimum absolute atomic E-state index is 0.621. The number of thioether (sulfide) groups is 1. The molecule has 130 valence electrons. The molecule has 0 fully saturated rings. The van der Waals surface area contributed by atoms with Gasteiger partial charge in [-0.15, -0.1) is 11.8 Å². The van der Waals surface area contributed by atoms with Gasteiger partial charge in [-0.2, -0.15) is 0 Å². The van der Waals surface area contributed by atoms with Crippen molar-refractivity contribution in [1.82, 2.24) is 0 Å². The van der Waals surface area contributed by atoms with Gasteiger partial charge in [0.15, 0.2) is 0 Å². The van der Waals surface area contributed by atoms with E-state index in [0.717, 1.165) is 24.5 Å². The zero-order valence-electron chi connectivity index (χ0n) is 15.3. The molecule has 2 aromatic rings. The molecule has 0 heterocycles. The fourth-order valence-corrected chi connectivity index (χ4v) is 3.70. The van der Waals surface area contributed by atoms with Crippen molar-refractivity contribution in [2.45, 2.75) is 38.3 Å². The topological polar surface area (TPSA) is 29.3 Å². The van der Waals surface area contributed by atoms with Crippen molar-refractivity contribution >= 4 is 23.1 Å². The fourth-order valence-electron chi connectivity index (χ4n) is 2.80. The summed E-state index contributed by atoms with van der Waals surface area (Å²) in [5.41, 5.74) is 9.78. The number of hydrogen-bond acceptors (Lipinski definition) is 3. The van der Waals surface area contributed by atoms with E-state index in [1.165, 1.54) is 16.1 Å². The minimum Gasteiger partial charge on any atom is -0.397 e. The second kappa shape index (κ2) is 9.03. The lowest BCUT2D eigenvalue weighted by atomic mass is 10.1. The van der Waals surface area contributed by atoms with Gasteiger partial charge in [0.2, 0.25) is 0 Å². The molecule has 0 atom stereocenters. The molecule has 0 aromatic heterocycles. The molecule has 2 rings (SSSR count). The van der Waals surface area contributed by atoms with Crippen LogP contribution in [-0.4, -0.2) is 13.1 Å². The van der Waals surface area contributed by atoms with E-state index in [-0.39, 0.29) is 0 Å². The summed E-state index contributed by atoms with van der Waals surface area (Å²) >= 11 is 1.84. The molecule has 0 bridgehead atoms. The zero-order chi connectivity index (χ0) is 17.5. The standard InChI is InChI=1S/C21H30N2S/c1-16(2)13-23(14-17(3)4)21-11-10-19(12-20(21)22)24-15-18-8-6-5-7-9-18/h5-12,16-17H,13-15,22H2,1-4H3. The van der Waals surface area contributed by atoms with Crippen molar-refractivity contribution in [3.8, 4) is 0 Å². The molecule has 2 N–H and O–H groups in total. The fraction of sp³-hybridized carbons (Fsp3) is 0.429. The van der Waals surface area contributed by atoms with Gasteiger partial charge in [-0.1, -0.05) is 58.0 Å². The summed E-state index contributed by atoms with van der Waals surface area (Å²) in [4.78, 5) is 3.66. The third-order valence-electron chi connectivity index (χ3n) is 3.76. The van der Waals surface area contributed by atoms with Crippen LogP contribution in [0.5, 0.6) is 0 Å². The van der Waals surface area contributed by atoms with E-state index >= 15 is 0 Å². The molecule has 0 aliphatic rings. The van der Waals surface area contributed by atoms with E-state index in [9.17, 15) is 0 Å². The van der Waals surface area contributed by atoms with Gasteiger partial charge in [0.05, 0.1) is 11.4 Å². The first-order valence-electron chi connectivity index (χ1n) is 8.77. The Kier molecular flexibility index (Phi) is 7.04. The highest BCUT2D eigenvalue weighted by Gasteiger charge is 2.13. The van der Waals surface area contributed by atoms with Crippen LogP contribution in [0.15, 0.2) is 53.4 Å². The van der Waals surface area contributed by atoms with E-state index < -0.39 is 0 Å². The van der Waals surface area contributed by atoms with Crippen LogP contribution in [0.25, 0.3) is 0 Å². The molecule has 0 saturated carbocycles. The summed E-state index contributed by atoms with van der Waals surface area (Å²) in [6, 6.07) is 17.1. The van der Waals surface area contributed by atoms with Crippen LogP contribution in [-0.2, 0) is 5.75 Å². The van der Waals surface area contributed by atoms with E-state index in [1.807, 2.05) is 11.8 Å². The van der Waals surface area contributed by atoms with Crippen LogP contribution in [0.1, 0.15) is 33.3 Å². The van der Waals surface area contributed by atoms with Gasteiger partial charge >= 0.3 is 0 Å². The molecule has 0 aliphatic carbocycles. The Hall–Kier alpha value is -1.61. The smallest absolute Gasteiger partial charge is 0.0600 e. The van der Waals surface area contributed by atoms with Crippen LogP contribution in [0, 0.1) is 11.8 Å². The Labute approximate surface area is 151 Å². The highest BCUT2D eigenvalue weighted by Crippen LogP contribution is 2.31. The molecule has 2 aromatic carbocycles. The van der Waals surface area contributed by atoms with Gasteiger partial charge in [0, 0.05) is 23.7 Å². The van der Waals surface area contributed by atoms with E-state index in [0.29, 0.717) is 11.8 Å². The van der Waals surface area contributed by atoms with Crippen LogP contribution in [0.4, 0.5) is 11.4 Å². The Morgan fingerprint density at radius 1 is 0.917 bits per heavy atom. The van der Waals surface area contributed by atoms with Gasteiger partial charge in [0.1, 0.15) is 0 Å². The number of hydrogen-bond donors (Lipinski definition) is 1. The maximum atomic E-state index is 6.39. The molecule has 0 unspecified atom stereocenters. The lowest BCUT2D eigenvalue weighted by Gasteiger charge is -2.29. The van der Waals surface area contributed by atoms with Gasteiger partial charge < -0.3 is 10.6 Å². The average Bonchev–Trinajstić information content (AvgIpc) is 2.52. The maximum absolute atomic E-state index is 6.39. The summed E-state index contributed by atoms with van der Waals surface area (Å²) in [7, 11) is 0. The van der Waals surface area contributed by atoms with Gasteiger partial charge in [-0.3, -0.25) is 0 Å². The summed E-state index contributed by atoms with van der Waals surface area (Å²) in [5.74, 6) is 2.21. The third-order valence-corrected chi connectivity index (χ3v) is 4.82. The Morgan fingerprint density at radius 3 is 2.08 bits per heavy atom. The van der Waals surface area contributed by atoms with Crippen molar-refractivity contribution in [2.75, 3.05) is 23.7 Å². The normalized spacial score (nSPS) is 11.2. The lowest BCUT2D eigenvalue weighted by molar-refractivity contribution is 0.553. The van der Waals surface area contributed by atoms with Crippen molar-refractivity contribution in [3.05, 3.63) is 54.1 Å². The quantitative estimate of drug-likeness (QED) is 0.494. The molecule has 0 radical (unpaired) electrons. The van der Waals surface area contributed by atoms with Crippen molar-refractivity contribution in [1.29, 1.82) is 0 Å². The Morgan fingerprint density at radius 2 is 1.54 bits per heavy atom. The second-order valence-corrected chi connectivity index (χ2v) is 8.24. The van der Waals surface area contributed by atoms with Crippen LogP contribution >= 0.6 is 11.8 Å². The molecule has 0 saturated heterocycles. The average molecular weight is 343 g/mol. The molecule has 24 heavy (non-hydrogen) atoms. The van der Waals surface area contributed by atoms with Crippen LogP contribution in [0.2, 0.25) is 0 Å². The van der Waals surface area contributed by atoms with Crippen molar-refractivity contribution in [3.63, 3.8) is 0 Å². The highest BCUT2D eigenvalue weighted by molar-refractivity contribution is 7.98. The molecule has 2 nitrogen and oxygen atoms in total. The summed E-state index contributed by atoms with van der Waals surface area (Å²) in [6.07, 6.45) is 0. The number of nitrogens with two attached hydrogens (primary N) is 1. The molecule has 0 amide bonds. The number of anilines is 2. The Bertz CT molecular complexity index is 613. The largest absolute Gasteiger partial charge is 0.397 e. The summed E-state index contributed by atoms with van der Waals surface area (Å²) < 4.78 is 0. The predicted molar refractivity (Wildman–Crippen MR) is 109 cm³/mol. The first-order chi connectivity index (χ1) is 11.5. The third kappa shape index (κ3) is 5.79. The first kappa shape index (κ1) is 18.7. The van der Waals surface area contributed by atoms with Crippen LogP contribution in [0.3, 0.4) is 0 Å². The first-order valence-corrected chi connectivity index (χ1v) is 9.75. The van der Waals surface area contributed by atoms with Crippen LogP contribution < -0.4 is 10.6 Å². The minimum atomic E-state index is 0.621. The zero-order valence-corrected chi connectivity index (χ0v) is 16.1. The van der Waals surface area contributed by atoms with Gasteiger partial charge in [-0.05, 0) is 35.6 Å². The second-order valence-electron chi connectivity index (χ2n) is 7.19. The summed E-state index contributed by atoms with van der Waals surface area (Å²) in [5, 5.41) is 0. The lowest BCUT2D eigenvalue weighted by Crippen LogP contribution is -2.31. The molecular weight excluding hydrogens is 312 g/mol. The Balaban J connectivity index is 2.09. The van der Waals surface area contributed by atoms with E-state index in [4.69, 9.17) is 5.73 Å². The molecule has 0 spiro atoms. The summed E-state index contributed by atoms with van der Waals surface area (Å²) in [6.45, 7) is 11.1. The molecule has 3 heteroatoms. The van der Waals surface area contributed by atoms with Gasteiger partial charge in [-0.25, -0.2) is 0 Å². The number of benzene rings is 2. The van der Waals surface area contributed by atoms with Crippen molar-refractivity contribution in [2.24, 2.45) is 11.8 Å². The SMILES string of the molecule is CC(C)CN(CC(C)C)c1ccc(SCc2ccccc2)cc1N. The maximum Gasteiger partial charge on any atom is 0.0600 e.